The number of likely N-dealkylation sites (N-methyl/N-ethyl adjacent to an activating group) is 2. The van der Waals surface area contributed by atoms with Crippen LogP contribution >= 0.6 is 0 Å². The molecule has 6 atom stereocenters. The van der Waals surface area contributed by atoms with Gasteiger partial charge in [0.15, 0.2) is 0 Å². The SMILES string of the molecule is CC(=N)c1ccc(CNC(=O)[C@@H]2CCN2C(=O)[C@H]2C[C@@H](c3ccccc3)CCN2C)cc1.CN1CC[C@H](c2ccccc2)C[C@@H]1C(=O)N1CC[C@H]1C(=O)NCc1ccc(C(=N)N)cc1. The fourth-order valence-electron chi connectivity index (χ4n) is 9.32. The molecule has 13 nitrogen and oxygen atoms in total. The summed E-state index contributed by atoms with van der Waals surface area (Å²) in [6.07, 6.45) is 5.07. The average Bonchev–Trinajstić information content (AvgIpc) is 3.28. The molecule has 13 heteroatoms. The topological polar surface area (TPSA) is 179 Å². The Kier molecular flexibility index (Phi) is 15.0. The fourth-order valence-corrected chi connectivity index (χ4v) is 9.32. The second-order valence-corrected chi connectivity index (χ2v) is 17.8. The van der Waals surface area contributed by atoms with Gasteiger partial charge in [-0.25, -0.2) is 0 Å². The molecule has 4 saturated heterocycles. The highest BCUT2D eigenvalue weighted by atomic mass is 16.2. The molecule has 336 valence electrons. The molecule has 6 N–H and O–H groups in total. The van der Waals surface area contributed by atoms with Crippen molar-refractivity contribution in [1.82, 2.24) is 30.2 Å². The second-order valence-electron chi connectivity index (χ2n) is 17.8. The molecule has 64 heavy (non-hydrogen) atoms. The van der Waals surface area contributed by atoms with Gasteiger partial charge in [0.1, 0.15) is 17.9 Å². The molecule has 4 heterocycles. The lowest BCUT2D eigenvalue weighted by atomic mass is 9.84. The number of benzene rings is 4. The lowest BCUT2D eigenvalue weighted by molar-refractivity contribution is -0.152. The van der Waals surface area contributed by atoms with Crippen LogP contribution in [-0.4, -0.2) is 119 Å². The van der Waals surface area contributed by atoms with Gasteiger partial charge in [-0.05, 0) is 112 Å². The van der Waals surface area contributed by atoms with E-state index in [4.69, 9.17) is 16.6 Å². The van der Waals surface area contributed by atoms with Crippen molar-refractivity contribution in [1.29, 1.82) is 10.8 Å². The van der Waals surface area contributed by atoms with Crippen molar-refractivity contribution >= 4 is 35.2 Å². The minimum atomic E-state index is -0.399. The van der Waals surface area contributed by atoms with E-state index in [-0.39, 0.29) is 47.6 Å². The number of carbonyl (C=O) groups is 4. The zero-order valence-corrected chi connectivity index (χ0v) is 37.3. The van der Waals surface area contributed by atoms with Crippen LogP contribution in [0.2, 0.25) is 0 Å². The molecule has 0 aliphatic carbocycles. The van der Waals surface area contributed by atoms with Crippen LogP contribution in [0, 0.1) is 10.8 Å². The Labute approximate surface area is 377 Å². The lowest BCUT2D eigenvalue weighted by Gasteiger charge is -2.45. The molecule has 0 saturated carbocycles. The van der Waals surface area contributed by atoms with Gasteiger partial charge >= 0.3 is 0 Å². The Bertz CT molecular complexity index is 2110. The van der Waals surface area contributed by atoms with Crippen LogP contribution in [0.1, 0.15) is 90.7 Å². The highest BCUT2D eigenvalue weighted by molar-refractivity contribution is 5.96. The first-order chi connectivity index (χ1) is 30.9. The molecule has 0 unspecified atom stereocenters. The number of likely N-dealkylation sites (tertiary alicyclic amines) is 4. The van der Waals surface area contributed by atoms with Crippen molar-refractivity contribution in [2.24, 2.45) is 5.73 Å². The average molecular weight is 866 g/mol. The quantitative estimate of drug-likeness (QED) is 0.0956. The van der Waals surface area contributed by atoms with Crippen molar-refractivity contribution in [3.8, 4) is 0 Å². The number of nitrogen functional groups attached to an aromatic ring is 1. The van der Waals surface area contributed by atoms with E-state index < -0.39 is 6.04 Å². The largest absolute Gasteiger partial charge is 0.384 e. The highest BCUT2D eigenvalue weighted by Gasteiger charge is 2.44. The number of rotatable bonds is 12. The molecule has 4 aliphatic heterocycles. The third-order valence-electron chi connectivity index (χ3n) is 13.6. The van der Waals surface area contributed by atoms with Crippen molar-refractivity contribution in [3.05, 3.63) is 143 Å². The van der Waals surface area contributed by atoms with E-state index >= 15 is 0 Å². The summed E-state index contributed by atoms with van der Waals surface area (Å²) in [4.78, 5) is 60.0. The van der Waals surface area contributed by atoms with Crippen LogP contribution in [-0.2, 0) is 32.3 Å². The Balaban J connectivity index is 0.000000191. The van der Waals surface area contributed by atoms with Gasteiger partial charge in [-0.1, -0.05) is 109 Å². The number of amidine groups is 1. The van der Waals surface area contributed by atoms with Crippen molar-refractivity contribution in [2.75, 3.05) is 40.3 Å². The molecule has 0 radical (unpaired) electrons. The Morgan fingerprint density at radius 2 is 0.938 bits per heavy atom. The minimum Gasteiger partial charge on any atom is -0.384 e. The van der Waals surface area contributed by atoms with E-state index in [0.29, 0.717) is 62.1 Å². The summed E-state index contributed by atoms with van der Waals surface area (Å²) in [6.45, 7) is 5.59. The molecule has 4 aromatic rings. The Morgan fingerprint density at radius 3 is 1.28 bits per heavy atom. The molecule has 4 aromatic carbocycles. The van der Waals surface area contributed by atoms with Gasteiger partial charge in [-0.15, -0.1) is 0 Å². The number of piperidine rings is 2. The number of nitrogens with zero attached hydrogens (tertiary/aromatic N) is 4. The summed E-state index contributed by atoms with van der Waals surface area (Å²) in [5.74, 6) is 0.700. The Morgan fingerprint density at radius 1 is 0.547 bits per heavy atom. The number of nitrogens with one attached hydrogen (secondary N) is 4. The maximum Gasteiger partial charge on any atom is 0.243 e. The lowest BCUT2D eigenvalue weighted by Crippen LogP contribution is -2.62. The maximum absolute atomic E-state index is 13.3. The molecular formula is C51H63N9O4. The van der Waals surface area contributed by atoms with Gasteiger partial charge in [0.05, 0.1) is 12.1 Å². The highest BCUT2D eigenvalue weighted by Crippen LogP contribution is 2.35. The van der Waals surface area contributed by atoms with E-state index in [9.17, 15) is 19.2 Å². The molecule has 0 bridgehead atoms. The van der Waals surface area contributed by atoms with Crippen molar-refractivity contribution in [2.45, 2.75) is 94.5 Å². The first-order valence-corrected chi connectivity index (χ1v) is 22.6. The summed E-state index contributed by atoms with van der Waals surface area (Å²) < 4.78 is 0. The minimum absolute atomic E-state index is 0.0198. The number of nitrogens with two attached hydrogens (primary N) is 1. The summed E-state index contributed by atoms with van der Waals surface area (Å²) in [6, 6.07) is 34.6. The summed E-state index contributed by atoms with van der Waals surface area (Å²) in [5.41, 5.74) is 12.0. The number of hydrogen-bond acceptors (Lipinski definition) is 8. The van der Waals surface area contributed by atoms with Crippen LogP contribution in [0.15, 0.2) is 109 Å². The molecule has 0 spiro atoms. The summed E-state index contributed by atoms with van der Waals surface area (Å²) in [7, 11) is 4.02. The van der Waals surface area contributed by atoms with Crippen LogP contribution in [0.5, 0.6) is 0 Å². The number of hydrogen-bond donors (Lipinski definition) is 5. The zero-order valence-electron chi connectivity index (χ0n) is 37.3. The van der Waals surface area contributed by atoms with E-state index in [1.807, 2.05) is 74.8 Å². The van der Waals surface area contributed by atoms with Crippen LogP contribution in [0.4, 0.5) is 0 Å². The van der Waals surface area contributed by atoms with E-state index in [0.717, 1.165) is 55.5 Å². The van der Waals surface area contributed by atoms with E-state index in [1.54, 1.807) is 28.9 Å². The predicted octanol–water partition coefficient (Wildman–Crippen LogP) is 5.24. The molecule has 4 aliphatic rings. The maximum atomic E-state index is 13.3. The van der Waals surface area contributed by atoms with E-state index in [1.165, 1.54) is 11.1 Å². The van der Waals surface area contributed by atoms with Crippen LogP contribution in [0.3, 0.4) is 0 Å². The third kappa shape index (κ3) is 10.9. The van der Waals surface area contributed by atoms with Gasteiger partial charge in [-0.3, -0.25) is 34.4 Å². The van der Waals surface area contributed by atoms with Gasteiger partial charge in [0.2, 0.25) is 23.6 Å². The molecule has 4 amide bonds. The third-order valence-corrected chi connectivity index (χ3v) is 13.6. The molecule has 8 rings (SSSR count). The zero-order chi connectivity index (χ0) is 45.3. The second kappa shape index (κ2) is 21.0. The normalized spacial score (nSPS) is 23.3. The van der Waals surface area contributed by atoms with Crippen molar-refractivity contribution in [3.63, 3.8) is 0 Å². The summed E-state index contributed by atoms with van der Waals surface area (Å²) in [5, 5.41) is 21.1. The van der Waals surface area contributed by atoms with Crippen LogP contribution < -0.4 is 16.4 Å². The van der Waals surface area contributed by atoms with Crippen LogP contribution in [0.25, 0.3) is 0 Å². The standard InChI is InChI=1S/C26H32N4O2.C25H31N5O2/c1-18(27)20-10-8-19(9-11-20)17-28-25(31)23-13-15-30(23)26(32)24-16-22(12-14-29(24)2)21-6-4-3-5-7-21;1-29-13-11-20(18-5-3-2-4-6-18)15-22(29)25(32)30-14-12-21(30)24(31)28-16-17-7-9-19(10-8-17)23(26)27/h3-11,22-24,27H,12-17H2,1-2H3,(H,28,31);2-10,20-22H,11-16H2,1H3,(H3,26,27)(H,28,31)/t22-,23-,24+;20-,21-,22+/m00/s1. The first kappa shape index (κ1) is 45.8. The van der Waals surface area contributed by atoms with E-state index in [2.05, 4.69) is 56.8 Å². The smallest absolute Gasteiger partial charge is 0.243 e. The monoisotopic (exact) mass is 866 g/mol. The molecule has 0 aromatic heterocycles. The first-order valence-electron chi connectivity index (χ1n) is 22.6. The number of carbonyl (C=O) groups excluding carboxylic acids is 4. The van der Waals surface area contributed by atoms with Gasteiger partial charge in [0.25, 0.3) is 0 Å². The van der Waals surface area contributed by atoms with Gasteiger partial charge in [-0.2, -0.15) is 0 Å². The molecular weight excluding hydrogens is 803 g/mol. The van der Waals surface area contributed by atoms with Gasteiger partial charge < -0.3 is 31.6 Å². The van der Waals surface area contributed by atoms with Crippen molar-refractivity contribution < 1.29 is 19.2 Å². The predicted molar refractivity (Wildman–Crippen MR) is 250 cm³/mol. The van der Waals surface area contributed by atoms with Gasteiger partial charge in [0, 0.05) is 37.5 Å². The molecule has 4 fully saturated rings. The Hall–Kier alpha value is -6.18. The summed E-state index contributed by atoms with van der Waals surface area (Å²) >= 11 is 0. The number of amides is 4. The fraction of sp³-hybridized carbons (Fsp3) is 0.412.